The van der Waals surface area contributed by atoms with Crippen LogP contribution in [0.4, 0.5) is 5.82 Å². The fourth-order valence-electron chi connectivity index (χ4n) is 8.06. The molecular weight excluding hydrogens is 500 g/mol. The fraction of sp³-hybridized carbons (Fsp3) is 0.621. The van der Waals surface area contributed by atoms with Crippen LogP contribution in [0.5, 0.6) is 11.8 Å². The molecule has 3 aliphatic carbocycles. The maximum atomic E-state index is 11.2. The smallest absolute Gasteiger partial charge is 0.197 e. The van der Waals surface area contributed by atoms with E-state index in [0.29, 0.717) is 36.8 Å². The second-order valence-electron chi connectivity index (χ2n) is 12.1. The van der Waals surface area contributed by atoms with Crippen molar-refractivity contribution in [3.05, 3.63) is 35.4 Å². The summed E-state index contributed by atoms with van der Waals surface area (Å²) in [6, 6.07) is 8.47. The van der Waals surface area contributed by atoms with Crippen LogP contribution in [0.3, 0.4) is 0 Å². The van der Waals surface area contributed by atoms with Crippen molar-refractivity contribution in [2.45, 2.75) is 62.5 Å². The zero-order chi connectivity index (χ0) is 26.0. The topological polar surface area (TPSA) is 105 Å². The van der Waals surface area contributed by atoms with Crippen molar-refractivity contribution in [2.75, 3.05) is 44.2 Å². The van der Waals surface area contributed by atoms with Crippen LogP contribution < -0.4 is 4.90 Å². The molecule has 4 aliphatic rings. The predicted octanol–water partition coefficient (Wildman–Crippen LogP) is 3.84. The number of aliphatic hydroxyl groups is 2. The number of hydrogen-bond acceptors (Lipinski definition) is 8. The number of fused-ring (bicyclic) bond motifs is 6. The molecule has 0 amide bonds. The van der Waals surface area contributed by atoms with Crippen LogP contribution in [0.15, 0.2) is 24.3 Å². The largest absolute Gasteiger partial charge is 0.494 e. The molecule has 1 aliphatic heterocycles. The van der Waals surface area contributed by atoms with Crippen LogP contribution in [0.25, 0.3) is 10.1 Å². The van der Waals surface area contributed by atoms with Crippen LogP contribution in [0.1, 0.15) is 61.5 Å². The van der Waals surface area contributed by atoms with E-state index in [1.165, 1.54) is 29.3 Å². The second kappa shape index (κ2) is 9.40. The monoisotopic (exact) mass is 538 g/mol. The molecule has 38 heavy (non-hydrogen) atoms. The molecule has 1 saturated heterocycles. The van der Waals surface area contributed by atoms with Crippen LogP contribution in [0.2, 0.25) is 0 Å². The summed E-state index contributed by atoms with van der Waals surface area (Å²) in [7, 11) is 0. The van der Waals surface area contributed by atoms with E-state index in [9.17, 15) is 20.4 Å². The molecular formula is C29H38N4O4S. The van der Waals surface area contributed by atoms with Crippen molar-refractivity contribution in [1.29, 1.82) is 0 Å². The summed E-state index contributed by atoms with van der Waals surface area (Å²) in [5, 5.41) is 44.3. The van der Waals surface area contributed by atoms with Gasteiger partial charge in [0.25, 0.3) is 0 Å². The molecule has 8 nitrogen and oxygen atoms in total. The Morgan fingerprint density at radius 2 is 1.66 bits per heavy atom. The zero-order valence-electron chi connectivity index (χ0n) is 21.8. The highest BCUT2D eigenvalue weighted by Gasteiger charge is 2.56. The first kappa shape index (κ1) is 24.7. The lowest BCUT2D eigenvalue weighted by molar-refractivity contribution is -0.0265. The number of aromatic hydroxyl groups is 2. The van der Waals surface area contributed by atoms with E-state index in [0.717, 1.165) is 50.5 Å². The van der Waals surface area contributed by atoms with Gasteiger partial charge in [0.2, 0.25) is 0 Å². The van der Waals surface area contributed by atoms with Crippen molar-refractivity contribution in [3.63, 3.8) is 0 Å². The van der Waals surface area contributed by atoms with Crippen LogP contribution in [-0.2, 0) is 6.54 Å². The Balaban J connectivity index is 1.03. The Morgan fingerprint density at radius 1 is 0.947 bits per heavy atom. The van der Waals surface area contributed by atoms with E-state index in [4.69, 9.17) is 4.37 Å². The van der Waals surface area contributed by atoms with Crippen molar-refractivity contribution in [1.82, 2.24) is 13.8 Å². The predicted molar refractivity (Wildman–Crippen MR) is 148 cm³/mol. The third-order valence-corrected chi connectivity index (χ3v) is 10.9. The second-order valence-corrected chi connectivity index (χ2v) is 12.9. The molecule has 1 unspecified atom stereocenters. The number of piperazine rings is 1. The standard InChI is InChI=1S/C29H38N4O4S/c34-17-29(37)14-20-13-22(29)25-24(20)27(35)33(28(25)36)16-19-6-2-1-5-18(19)15-31-9-11-32(12-10-31)26-21-7-3-4-8-23(21)38-30-26/h3-4,7-8,18-20,22,34-37H,1-2,5-6,9-17H2/t18-,19-,20-,22-,29?/m0/s1. The molecule has 2 bridgehead atoms. The van der Waals surface area contributed by atoms with Gasteiger partial charge < -0.3 is 25.3 Å². The number of rotatable bonds is 6. The molecule has 5 atom stereocenters. The summed E-state index contributed by atoms with van der Waals surface area (Å²) in [5.74, 6) is 2.03. The highest BCUT2D eigenvalue weighted by Crippen LogP contribution is 2.63. The Hall–Kier alpha value is -2.33. The first-order chi connectivity index (χ1) is 18.5. The highest BCUT2D eigenvalue weighted by molar-refractivity contribution is 7.13. The molecule has 3 aromatic rings. The van der Waals surface area contributed by atoms with Gasteiger partial charge in [-0.15, -0.1) is 0 Å². The third-order valence-electron chi connectivity index (χ3n) is 10.1. The summed E-state index contributed by atoms with van der Waals surface area (Å²) in [5.41, 5.74) is 0.297. The van der Waals surface area contributed by atoms with E-state index in [1.807, 2.05) is 0 Å². The number of aromatic nitrogens is 2. The van der Waals surface area contributed by atoms with Gasteiger partial charge in [-0.3, -0.25) is 9.47 Å². The number of aliphatic hydroxyl groups excluding tert-OH is 1. The van der Waals surface area contributed by atoms with Gasteiger partial charge in [-0.25, -0.2) is 0 Å². The minimum atomic E-state index is -1.19. The number of anilines is 1. The molecule has 0 spiro atoms. The first-order valence-corrected chi connectivity index (χ1v) is 15.0. The van der Waals surface area contributed by atoms with Crippen molar-refractivity contribution in [3.8, 4) is 11.8 Å². The van der Waals surface area contributed by atoms with Gasteiger partial charge in [0, 0.05) is 61.7 Å². The van der Waals surface area contributed by atoms with E-state index >= 15 is 0 Å². The van der Waals surface area contributed by atoms with Gasteiger partial charge >= 0.3 is 0 Å². The number of nitrogens with zero attached hydrogens (tertiary/aromatic N) is 4. The molecule has 3 heterocycles. The zero-order valence-corrected chi connectivity index (χ0v) is 22.6. The minimum Gasteiger partial charge on any atom is -0.494 e. The molecule has 2 aromatic heterocycles. The Kier molecular flexibility index (Phi) is 6.11. The molecule has 2 saturated carbocycles. The minimum absolute atomic E-state index is 0.00702. The normalized spacial score (nSPS) is 31.4. The quantitative estimate of drug-likeness (QED) is 0.378. The van der Waals surface area contributed by atoms with Crippen LogP contribution in [0, 0.1) is 11.8 Å². The van der Waals surface area contributed by atoms with E-state index in [1.54, 1.807) is 16.1 Å². The number of hydrogen-bond donors (Lipinski definition) is 4. The van der Waals surface area contributed by atoms with Gasteiger partial charge in [-0.05, 0) is 67.1 Å². The van der Waals surface area contributed by atoms with Crippen molar-refractivity contribution >= 4 is 27.4 Å². The molecule has 204 valence electrons. The molecule has 1 aromatic carbocycles. The average molecular weight is 539 g/mol. The molecule has 7 rings (SSSR count). The van der Waals surface area contributed by atoms with Crippen LogP contribution in [-0.4, -0.2) is 79.2 Å². The SMILES string of the molecule is OCC1(O)C[C@@H]2C[C@H]1c1c2c(O)n(C[C@@H]2CCCC[C@H]2CN2CCN(c3nsc4ccccc34)CC2)c1O. The van der Waals surface area contributed by atoms with E-state index in [2.05, 4.69) is 34.1 Å². The van der Waals surface area contributed by atoms with Gasteiger partial charge in [-0.2, -0.15) is 4.37 Å². The first-order valence-electron chi connectivity index (χ1n) is 14.3. The van der Waals surface area contributed by atoms with Crippen molar-refractivity contribution < 1.29 is 20.4 Å². The lowest BCUT2D eigenvalue weighted by Crippen LogP contribution is -2.49. The molecule has 9 heteroatoms. The Bertz CT molecular complexity index is 1330. The molecule has 0 radical (unpaired) electrons. The fourth-order valence-corrected chi connectivity index (χ4v) is 8.86. The maximum Gasteiger partial charge on any atom is 0.197 e. The Morgan fingerprint density at radius 3 is 2.42 bits per heavy atom. The lowest BCUT2D eigenvalue weighted by atomic mass is 9.78. The van der Waals surface area contributed by atoms with Crippen molar-refractivity contribution in [2.24, 2.45) is 11.8 Å². The molecule has 3 fully saturated rings. The number of benzene rings is 1. The van der Waals surface area contributed by atoms with Gasteiger partial charge in [0.05, 0.1) is 16.9 Å². The summed E-state index contributed by atoms with van der Waals surface area (Å²) < 4.78 is 7.71. The summed E-state index contributed by atoms with van der Waals surface area (Å²) in [4.78, 5) is 5.01. The lowest BCUT2D eigenvalue weighted by Gasteiger charge is -2.40. The van der Waals surface area contributed by atoms with Crippen LogP contribution >= 0.6 is 11.5 Å². The van der Waals surface area contributed by atoms with Gasteiger partial charge in [-0.1, -0.05) is 25.0 Å². The maximum absolute atomic E-state index is 11.2. The Labute approximate surface area is 227 Å². The third kappa shape index (κ3) is 3.85. The highest BCUT2D eigenvalue weighted by atomic mass is 32.1. The van der Waals surface area contributed by atoms with Gasteiger partial charge in [0.15, 0.2) is 11.8 Å². The summed E-state index contributed by atoms with van der Waals surface area (Å²) >= 11 is 1.58. The van der Waals surface area contributed by atoms with E-state index in [-0.39, 0.29) is 30.2 Å². The average Bonchev–Trinajstić information content (AvgIpc) is 3.68. The van der Waals surface area contributed by atoms with Gasteiger partial charge in [0.1, 0.15) is 5.82 Å². The summed E-state index contributed by atoms with van der Waals surface area (Å²) in [6.07, 6.45) is 5.85. The summed E-state index contributed by atoms with van der Waals surface area (Å²) in [6.45, 7) is 5.35. The molecule has 4 N–H and O–H groups in total. The van der Waals surface area contributed by atoms with E-state index < -0.39 is 5.60 Å².